The Bertz CT molecular complexity index is 192. The van der Waals surface area contributed by atoms with Crippen molar-refractivity contribution in [2.45, 2.75) is 46.5 Å². The van der Waals surface area contributed by atoms with Crippen molar-refractivity contribution in [2.24, 2.45) is 0 Å². The topological polar surface area (TPSA) is 29.5 Å². The summed E-state index contributed by atoms with van der Waals surface area (Å²) in [5.41, 5.74) is 0. The first kappa shape index (κ1) is 13.1. The molecule has 0 aliphatic heterocycles. The van der Waals surface area contributed by atoms with E-state index in [1.54, 1.807) is 6.08 Å². The highest BCUT2D eigenvalue weighted by molar-refractivity contribution is 5.18. The van der Waals surface area contributed by atoms with Crippen LogP contribution in [0, 0.1) is 0 Å². The number of unbranched alkanes of at least 4 members (excludes halogenated alkanes) is 1. The average Bonchev–Trinajstić information content (AvgIpc) is 2.17. The van der Waals surface area contributed by atoms with Crippen LogP contribution in [0.15, 0.2) is 23.7 Å². The zero-order valence-electron chi connectivity index (χ0n) is 9.55. The van der Waals surface area contributed by atoms with Gasteiger partial charge in [-0.25, -0.2) is 0 Å². The predicted molar refractivity (Wildman–Crippen MR) is 60.2 cm³/mol. The van der Waals surface area contributed by atoms with Crippen molar-refractivity contribution in [3.8, 4) is 0 Å². The van der Waals surface area contributed by atoms with Gasteiger partial charge in [0.25, 0.3) is 0 Å². The summed E-state index contributed by atoms with van der Waals surface area (Å²) in [6, 6.07) is 0. The minimum absolute atomic E-state index is 0.269. The standard InChI is InChI=1S/C12H22O2/c1-4-7-10-14-12(9-6-3)11(13)8-5-2/h8-9,13H,4-7,10H2,1-3H3. The minimum Gasteiger partial charge on any atom is -0.504 e. The monoisotopic (exact) mass is 198 g/mol. The summed E-state index contributed by atoms with van der Waals surface area (Å²) in [7, 11) is 0. The second-order valence-electron chi connectivity index (χ2n) is 3.18. The number of aliphatic hydroxyl groups excluding tert-OH is 1. The first-order valence-electron chi connectivity index (χ1n) is 5.48. The van der Waals surface area contributed by atoms with Crippen LogP contribution in [0.4, 0.5) is 0 Å². The van der Waals surface area contributed by atoms with Crippen molar-refractivity contribution in [1.29, 1.82) is 0 Å². The Hall–Kier alpha value is -0.920. The van der Waals surface area contributed by atoms with Crippen molar-refractivity contribution in [1.82, 2.24) is 0 Å². The number of rotatable bonds is 7. The maximum atomic E-state index is 9.61. The van der Waals surface area contributed by atoms with Gasteiger partial charge in [0.15, 0.2) is 11.5 Å². The van der Waals surface area contributed by atoms with Gasteiger partial charge >= 0.3 is 0 Å². The van der Waals surface area contributed by atoms with E-state index in [2.05, 4.69) is 6.92 Å². The molecule has 0 aromatic carbocycles. The molecule has 0 saturated heterocycles. The third-order valence-corrected chi connectivity index (χ3v) is 1.79. The lowest BCUT2D eigenvalue weighted by atomic mass is 10.3. The highest BCUT2D eigenvalue weighted by Gasteiger charge is 2.02. The molecule has 0 radical (unpaired) electrons. The molecule has 2 nitrogen and oxygen atoms in total. The minimum atomic E-state index is 0.269. The van der Waals surface area contributed by atoms with Gasteiger partial charge in [0.2, 0.25) is 0 Å². The number of hydrogen-bond acceptors (Lipinski definition) is 2. The molecular weight excluding hydrogens is 176 g/mol. The maximum absolute atomic E-state index is 9.61. The molecule has 0 aromatic rings. The molecule has 0 bridgehead atoms. The van der Waals surface area contributed by atoms with E-state index in [0.29, 0.717) is 12.4 Å². The molecule has 0 fully saturated rings. The summed E-state index contributed by atoms with van der Waals surface area (Å²) in [6.45, 7) is 6.83. The van der Waals surface area contributed by atoms with Crippen LogP contribution < -0.4 is 0 Å². The van der Waals surface area contributed by atoms with E-state index in [4.69, 9.17) is 4.74 Å². The molecule has 2 heteroatoms. The maximum Gasteiger partial charge on any atom is 0.156 e. The van der Waals surface area contributed by atoms with Crippen LogP contribution in [0.25, 0.3) is 0 Å². The Balaban J connectivity index is 4.16. The van der Waals surface area contributed by atoms with E-state index in [1.165, 1.54) is 0 Å². The molecule has 0 aliphatic rings. The number of hydrogen-bond donors (Lipinski definition) is 1. The van der Waals surface area contributed by atoms with Gasteiger partial charge in [-0.3, -0.25) is 0 Å². The lowest BCUT2D eigenvalue weighted by Crippen LogP contribution is -1.98. The lowest BCUT2D eigenvalue weighted by Gasteiger charge is -2.09. The summed E-state index contributed by atoms with van der Waals surface area (Å²) < 4.78 is 5.48. The Morgan fingerprint density at radius 1 is 1.14 bits per heavy atom. The van der Waals surface area contributed by atoms with E-state index >= 15 is 0 Å². The van der Waals surface area contributed by atoms with Crippen molar-refractivity contribution < 1.29 is 9.84 Å². The molecule has 0 aromatic heterocycles. The number of ether oxygens (including phenoxy) is 1. The predicted octanol–water partition coefficient (Wildman–Crippen LogP) is 3.95. The second kappa shape index (κ2) is 8.67. The molecule has 0 rings (SSSR count). The smallest absolute Gasteiger partial charge is 0.156 e. The Morgan fingerprint density at radius 3 is 2.29 bits per heavy atom. The van der Waals surface area contributed by atoms with Gasteiger partial charge in [-0.15, -0.1) is 0 Å². The Kier molecular flexibility index (Phi) is 8.10. The van der Waals surface area contributed by atoms with Crippen molar-refractivity contribution in [3.63, 3.8) is 0 Å². The fourth-order valence-electron chi connectivity index (χ4n) is 1.04. The zero-order valence-corrected chi connectivity index (χ0v) is 9.55. The normalized spacial score (nSPS) is 13.1. The molecule has 82 valence electrons. The summed E-state index contributed by atoms with van der Waals surface area (Å²) in [5, 5.41) is 9.61. The van der Waals surface area contributed by atoms with Gasteiger partial charge in [0.05, 0.1) is 6.61 Å². The van der Waals surface area contributed by atoms with Crippen LogP contribution in [-0.2, 0) is 4.74 Å². The molecule has 0 unspecified atom stereocenters. The van der Waals surface area contributed by atoms with Gasteiger partial charge in [0.1, 0.15) is 0 Å². The molecule has 1 N–H and O–H groups in total. The van der Waals surface area contributed by atoms with Crippen molar-refractivity contribution >= 4 is 0 Å². The van der Waals surface area contributed by atoms with Gasteiger partial charge in [-0.05, 0) is 31.4 Å². The number of aliphatic hydroxyl groups is 1. The Morgan fingerprint density at radius 2 is 1.79 bits per heavy atom. The average molecular weight is 198 g/mol. The second-order valence-corrected chi connectivity index (χ2v) is 3.18. The SMILES string of the molecule is CCC=C(O)C(=CCC)OCCCC. The molecule has 0 spiro atoms. The van der Waals surface area contributed by atoms with Crippen LogP contribution >= 0.6 is 0 Å². The van der Waals surface area contributed by atoms with E-state index < -0.39 is 0 Å². The summed E-state index contributed by atoms with van der Waals surface area (Å²) in [5.74, 6) is 0.897. The fourth-order valence-corrected chi connectivity index (χ4v) is 1.04. The summed E-state index contributed by atoms with van der Waals surface area (Å²) in [6.07, 6.45) is 7.52. The van der Waals surface area contributed by atoms with Crippen molar-refractivity contribution in [3.05, 3.63) is 23.7 Å². The van der Waals surface area contributed by atoms with E-state index in [1.807, 2.05) is 19.9 Å². The van der Waals surface area contributed by atoms with E-state index in [0.717, 1.165) is 25.7 Å². The van der Waals surface area contributed by atoms with Crippen LogP contribution in [0.2, 0.25) is 0 Å². The molecule has 0 atom stereocenters. The van der Waals surface area contributed by atoms with Gasteiger partial charge < -0.3 is 9.84 Å². The molecule has 0 amide bonds. The zero-order chi connectivity index (χ0) is 10.8. The van der Waals surface area contributed by atoms with E-state index in [-0.39, 0.29) is 5.76 Å². The molecule has 14 heavy (non-hydrogen) atoms. The highest BCUT2D eigenvalue weighted by Crippen LogP contribution is 2.11. The summed E-state index contributed by atoms with van der Waals surface area (Å²) in [4.78, 5) is 0. The highest BCUT2D eigenvalue weighted by atomic mass is 16.5. The van der Waals surface area contributed by atoms with Gasteiger partial charge in [-0.2, -0.15) is 0 Å². The number of allylic oxidation sites excluding steroid dienone is 2. The third-order valence-electron chi connectivity index (χ3n) is 1.79. The Labute approximate surface area is 87.3 Å². The first-order valence-corrected chi connectivity index (χ1v) is 5.48. The van der Waals surface area contributed by atoms with E-state index in [9.17, 15) is 5.11 Å². The van der Waals surface area contributed by atoms with Gasteiger partial charge in [-0.1, -0.05) is 27.2 Å². The fraction of sp³-hybridized carbons (Fsp3) is 0.667. The largest absolute Gasteiger partial charge is 0.504 e. The quantitative estimate of drug-likeness (QED) is 0.381. The van der Waals surface area contributed by atoms with Gasteiger partial charge in [0, 0.05) is 0 Å². The third kappa shape index (κ3) is 5.68. The van der Waals surface area contributed by atoms with Crippen molar-refractivity contribution in [2.75, 3.05) is 6.61 Å². The van der Waals surface area contributed by atoms with Crippen LogP contribution in [0.3, 0.4) is 0 Å². The molecule has 0 heterocycles. The molecule has 0 aliphatic carbocycles. The van der Waals surface area contributed by atoms with Crippen LogP contribution in [0.5, 0.6) is 0 Å². The van der Waals surface area contributed by atoms with Crippen LogP contribution in [0.1, 0.15) is 46.5 Å². The summed E-state index contributed by atoms with van der Waals surface area (Å²) >= 11 is 0. The first-order chi connectivity index (χ1) is 6.76. The molecular formula is C12H22O2. The lowest BCUT2D eigenvalue weighted by molar-refractivity contribution is 0.188. The molecule has 0 saturated carbocycles. The van der Waals surface area contributed by atoms with Crippen LogP contribution in [-0.4, -0.2) is 11.7 Å².